The van der Waals surface area contributed by atoms with Gasteiger partial charge in [0.15, 0.2) is 5.96 Å². The molecule has 2 N–H and O–H groups in total. The third-order valence-corrected chi connectivity index (χ3v) is 5.35. The van der Waals surface area contributed by atoms with Gasteiger partial charge >= 0.3 is 0 Å². The summed E-state index contributed by atoms with van der Waals surface area (Å²) < 4.78 is 24.4. The Morgan fingerprint density at radius 1 is 1.31 bits per heavy atom. The molecule has 1 aliphatic rings. The molecule has 0 saturated carbocycles. The van der Waals surface area contributed by atoms with Gasteiger partial charge in [-0.3, -0.25) is 4.99 Å². The lowest BCUT2D eigenvalue weighted by atomic mass is 9.84. The summed E-state index contributed by atoms with van der Waals surface area (Å²) in [7, 11) is 1.74. The first-order chi connectivity index (χ1) is 13.4. The molecule has 0 atom stereocenters. The van der Waals surface area contributed by atoms with Crippen LogP contribution in [0, 0.1) is 11.7 Å². The van der Waals surface area contributed by atoms with Crippen molar-refractivity contribution in [3.63, 3.8) is 0 Å². The van der Waals surface area contributed by atoms with Crippen LogP contribution in [0.1, 0.15) is 38.7 Å². The molecule has 166 valence electrons. The first-order valence-electron chi connectivity index (χ1n) is 9.98. The molecule has 8 heteroatoms. The maximum absolute atomic E-state index is 13.3. The average molecular weight is 542 g/mol. The molecule has 1 saturated heterocycles. The second kappa shape index (κ2) is 13.6. The Morgan fingerprint density at radius 2 is 2.03 bits per heavy atom. The zero-order valence-corrected chi connectivity index (χ0v) is 20.7. The van der Waals surface area contributed by atoms with Gasteiger partial charge in [0.25, 0.3) is 0 Å². The fraction of sp³-hybridized carbons (Fsp3) is 0.667. The normalized spacial score (nSPS) is 15.7. The molecule has 0 unspecified atom stereocenters. The summed E-state index contributed by atoms with van der Waals surface area (Å²) in [6.07, 6.45) is 3.11. The number of halogens is 3. The number of hydrogen-bond donors (Lipinski definition) is 2. The van der Waals surface area contributed by atoms with E-state index in [4.69, 9.17) is 21.1 Å². The van der Waals surface area contributed by atoms with Crippen molar-refractivity contribution in [1.82, 2.24) is 10.6 Å². The van der Waals surface area contributed by atoms with Crippen molar-refractivity contribution >= 4 is 41.5 Å². The number of aliphatic imine (C=N–C) groups is 1. The molecule has 0 aromatic heterocycles. The summed E-state index contributed by atoms with van der Waals surface area (Å²) in [6.45, 7) is 8.81. The van der Waals surface area contributed by atoms with Crippen LogP contribution in [0.25, 0.3) is 0 Å². The van der Waals surface area contributed by atoms with Crippen molar-refractivity contribution in [1.29, 1.82) is 0 Å². The van der Waals surface area contributed by atoms with Crippen molar-refractivity contribution in [2.24, 2.45) is 10.9 Å². The standard InChI is InChI=1S/C21H33ClFN3O2.HI/c1-21(2,18-6-5-17(23)13-19(18)22)15-26-20(24-3)25-9-4-10-28-14-16-7-11-27-12-8-16;/h5-6,13,16H,4,7-12,14-15H2,1-3H3,(H2,24,25,26);1H. The molecule has 1 fully saturated rings. The third kappa shape index (κ3) is 9.36. The largest absolute Gasteiger partial charge is 0.381 e. The third-order valence-electron chi connectivity index (χ3n) is 5.03. The van der Waals surface area contributed by atoms with E-state index in [1.165, 1.54) is 12.1 Å². The Morgan fingerprint density at radius 3 is 2.69 bits per heavy atom. The van der Waals surface area contributed by atoms with Crippen LogP contribution in [0.3, 0.4) is 0 Å². The monoisotopic (exact) mass is 541 g/mol. The van der Waals surface area contributed by atoms with Crippen LogP contribution < -0.4 is 10.6 Å². The van der Waals surface area contributed by atoms with E-state index >= 15 is 0 Å². The highest BCUT2D eigenvalue weighted by Gasteiger charge is 2.24. The van der Waals surface area contributed by atoms with Gasteiger partial charge in [-0.1, -0.05) is 31.5 Å². The van der Waals surface area contributed by atoms with E-state index in [0.717, 1.165) is 63.8 Å². The molecule has 1 heterocycles. The Hall–Kier alpha value is -0.640. The molecular weight excluding hydrogens is 508 g/mol. The lowest BCUT2D eigenvalue weighted by Gasteiger charge is -2.27. The van der Waals surface area contributed by atoms with Crippen LogP contribution >= 0.6 is 35.6 Å². The molecule has 0 bridgehead atoms. The number of rotatable bonds is 9. The zero-order valence-electron chi connectivity index (χ0n) is 17.6. The van der Waals surface area contributed by atoms with E-state index in [0.29, 0.717) is 17.5 Å². The lowest BCUT2D eigenvalue weighted by Crippen LogP contribution is -2.44. The van der Waals surface area contributed by atoms with Crippen molar-refractivity contribution in [3.05, 3.63) is 34.6 Å². The Kier molecular flexibility index (Phi) is 12.4. The van der Waals surface area contributed by atoms with Crippen molar-refractivity contribution in [2.45, 2.75) is 38.5 Å². The molecule has 0 spiro atoms. The second-order valence-corrected chi connectivity index (χ2v) is 8.25. The topological polar surface area (TPSA) is 54.9 Å². The van der Waals surface area contributed by atoms with Crippen LogP contribution in [0.4, 0.5) is 4.39 Å². The van der Waals surface area contributed by atoms with Gasteiger partial charge in [-0.2, -0.15) is 0 Å². The first kappa shape index (κ1) is 26.4. The minimum absolute atomic E-state index is 0. The van der Waals surface area contributed by atoms with E-state index in [1.54, 1.807) is 13.1 Å². The minimum Gasteiger partial charge on any atom is -0.381 e. The fourth-order valence-electron chi connectivity index (χ4n) is 3.20. The van der Waals surface area contributed by atoms with Crippen LogP contribution in [0.15, 0.2) is 23.2 Å². The quantitative estimate of drug-likeness (QED) is 0.211. The van der Waals surface area contributed by atoms with Crippen molar-refractivity contribution in [2.75, 3.05) is 46.6 Å². The molecule has 1 aromatic rings. The van der Waals surface area contributed by atoms with Gasteiger partial charge in [0.2, 0.25) is 0 Å². The number of benzene rings is 1. The van der Waals surface area contributed by atoms with Gasteiger partial charge in [-0.15, -0.1) is 24.0 Å². The molecule has 1 aromatic carbocycles. The summed E-state index contributed by atoms with van der Waals surface area (Å²) in [4.78, 5) is 4.26. The summed E-state index contributed by atoms with van der Waals surface area (Å²) in [5.41, 5.74) is 0.634. The van der Waals surface area contributed by atoms with E-state index in [1.807, 2.05) is 0 Å². The summed E-state index contributed by atoms with van der Waals surface area (Å²) in [6, 6.07) is 4.54. The van der Waals surface area contributed by atoms with Gasteiger partial charge in [0.05, 0.1) is 0 Å². The van der Waals surface area contributed by atoms with Gasteiger partial charge in [-0.05, 0) is 42.9 Å². The highest BCUT2D eigenvalue weighted by molar-refractivity contribution is 14.0. The van der Waals surface area contributed by atoms with Crippen LogP contribution in [-0.2, 0) is 14.9 Å². The molecule has 1 aliphatic heterocycles. The molecule has 0 amide bonds. The Labute approximate surface area is 196 Å². The summed E-state index contributed by atoms with van der Waals surface area (Å²) in [5, 5.41) is 7.07. The van der Waals surface area contributed by atoms with Crippen LogP contribution in [0.2, 0.25) is 5.02 Å². The first-order valence-corrected chi connectivity index (χ1v) is 10.4. The average Bonchev–Trinajstić information content (AvgIpc) is 2.67. The molecule has 29 heavy (non-hydrogen) atoms. The summed E-state index contributed by atoms with van der Waals surface area (Å²) in [5.74, 6) is 1.04. The lowest BCUT2D eigenvalue weighted by molar-refractivity contribution is 0.0203. The highest BCUT2D eigenvalue weighted by atomic mass is 127. The van der Waals surface area contributed by atoms with Crippen LogP contribution in [0.5, 0.6) is 0 Å². The predicted octanol–water partition coefficient (Wildman–Crippen LogP) is 4.37. The smallest absolute Gasteiger partial charge is 0.191 e. The Bertz CT molecular complexity index is 640. The van der Waals surface area contributed by atoms with Crippen molar-refractivity contribution < 1.29 is 13.9 Å². The summed E-state index contributed by atoms with van der Waals surface area (Å²) >= 11 is 6.22. The van der Waals surface area contributed by atoms with E-state index in [9.17, 15) is 4.39 Å². The Balaban J connectivity index is 0.00000420. The van der Waals surface area contributed by atoms with Gasteiger partial charge < -0.3 is 20.1 Å². The molecule has 2 rings (SSSR count). The number of hydrogen-bond acceptors (Lipinski definition) is 3. The molecule has 5 nitrogen and oxygen atoms in total. The highest BCUT2D eigenvalue weighted by Crippen LogP contribution is 2.29. The van der Waals surface area contributed by atoms with Gasteiger partial charge in [-0.25, -0.2) is 4.39 Å². The van der Waals surface area contributed by atoms with Crippen molar-refractivity contribution in [3.8, 4) is 0 Å². The van der Waals surface area contributed by atoms with Gasteiger partial charge in [0, 0.05) is 57.0 Å². The maximum Gasteiger partial charge on any atom is 0.191 e. The molecular formula is C21H34ClFIN3O2. The number of nitrogens with one attached hydrogen (secondary N) is 2. The number of nitrogens with zero attached hydrogens (tertiary/aromatic N) is 1. The van der Waals surface area contributed by atoms with E-state index < -0.39 is 0 Å². The molecule has 0 aliphatic carbocycles. The number of guanidine groups is 1. The number of ether oxygens (including phenoxy) is 2. The SMILES string of the molecule is CN=C(NCCCOCC1CCOCC1)NCC(C)(C)c1ccc(F)cc1Cl.I. The zero-order chi connectivity index (χ0) is 20.4. The fourth-order valence-corrected chi connectivity index (χ4v) is 3.63. The molecule has 0 radical (unpaired) electrons. The van der Waals surface area contributed by atoms with Crippen LogP contribution in [-0.4, -0.2) is 52.5 Å². The van der Waals surface area contributed by atoms with E-state index in [2.05, 4.69) is 29.5 Å². The minimum atomic E-state index is -0.325. The van der Waals surface area contributed by atoms with Gasteiger partial charge in [0.1, 0.15) is 5.82 Å². The second-order valence-electron chi connectivity index (χ2n) is 7.84. The predicted molar refractivity (Wildman–Crippen MR) is 128 cm³/mol. The van der Waals surface area contributed by atoms with E-state index in [-0.39, 0.29) is 35.2 Å². The maximum atomic E-state index is 13.3.